The molecule has 0 atom stereocenters. The van der Waals surface area contributed by atoms with Crippen LogP contribution < -0.4 is 5.32 Å². The molecule has 0 aromatic heterocycles. The van der Waals surface area contributed by atoms with Gasteiger partial charge in [-0.3, -0.25) is 4.79 Å². The summed E-state index contributed by atoms with van der Waals surface area (Å²) in [6.07, 6.45) is 0. The van der Waals surface area contributed by atoms with E-state index >= 15 is 0 Å². The van der Waals surface area contributed by atoms with Crippen LogP contribution in [0.1, 0.15) is 13.8 Å². The Morgan fingerprint density at radius 2 is 2.20 bits per heavy atom. The second-order valence-electron chi connectivity index (χ2n) is 2.72. The van der Waals surface area contributed by atoms with E-state index in [9.17, 15) is 4.79 Å². The molecule has 0 fully saturated rings. The van der Waals surface area contributed by atoms with Crippen LogP contribution in [-0.2, 0) is 4.79 Å². The van der Waals surface area contributed by atoms with E-state index in [-0.39, 0.29) is 17.8 Å². The third-order valence-electron chi connectivity index (χ3n) is 0.994. The molecule has 0 rings (SSSR count). The molecule has 0 aromatic rings. The Morgan fingerprint density at radius 1 is 1.70 bits per heavy atom. The number of hydrogen-bond donors (Lipinski definition) is 2. The van der Waals surface area contributed by atoms with E-state index in [2.05, 4.69) is 21.2 Å². The molecule has 1 amide bonds. The molecule has 3 nitrogen and oxygen atoms in total. The van der Waals surface area contributed by atoms with Crippen LogP contribution in [0.2, 0.25) is 0 Å². The first-order valence-electron chi connectivity index (χ1n) is 2.99. The molecule has 0 unspecified atom stereocenters. The van der Waals surface area contributed by atoms with Gasteiger partial charge >= 0.3 is 0 Å². The summed E-state index contributed by atoms with van der Waals surface area (Å²) in [5.74, 6) is -0.112. The fourth-order valence-electron chi connectivity index (χ4n) is 0.450. The number of halogens is 1. The SMILES string of the molecule is CC(C)(CO)NC(=O)CBr. The first-order chi connectivity index (χ1) is 4.52. The van der Waals surface area contributed by atoms with Gasteiger partial charge in [0.2, 0.25) is 5.91 Å². The lowest BCUT2D eigenvalue weighted by molar-refractivity contribution is -0.120. The summed E-state index contributed by atoms with van der Waals surface area (Å²) in [5.41, 5.74) is -0.509. The minimum Gasteiger partial charge on any atom is -0.394 e. The summed E-state index contributed by atoms with van der Waals surface area (Å²) in [7, 11) is 0. The lowest BCUT2D eigenvalue weighted by Crippen LogP contribution is -2.46. The van der Waals surface area contributed by atoms with Gasteiger partial charge in [0.1, 0.15) is 0 Å². The van der Waals surface area contributed by atoms with E-state index in [1.165, 1.54) is 0 Å². The zero-order chi connectivity index (χ0) is 8.20. The zero-order valence-electron chi connectivity index (χ0n) is 6.15. The second-order valence-corrected chi connectivity index (χ2v) is 3.28. The molecule has 0 heterocycles. The Kier molecular flexibility index (Phi) is 3.89. The number of amides is 1. The molecule has 2 N–H and O–H groups in total. The van der Waals surface area contributed by atoms with Gasteiger partial charge in [0.15, 0.2) is 0 Å². The van der Waals surface area contributed by atoms with Gasteiger partial charge in [-0.15, -0.1) is 0 Å². The van der Waals surface area contributed by atoms with Crippen LogP contribution in [0, 0.1) is 0 Å². The molecule has 0 radical (unpaired) electrons. The second kappa shape index (κ2) is 3.93. The first kappa shape index (κ1) is 9.91. The summed E-state index contributed by atoms with van der Waals surface area (Å²) in [4.78, 5) is 10.7. The maximum Gasteiger partial charge on any atom is 0.231 e. The van der Waals surface area contributed by atoms with Crippen LogP contribution in [0.3, 0.4) is 0 Å². The molecule has 10 heavy (non-hydrogen) atoms. The third-order valence-corrected chi connectivity index (χ3v) is 1.50. The van der Waals surface area contributed by atoms with Crippen LogP contribution in [0.15, 0.2) is 0 Å². The van der Waals surface area contributed by atoms with Gasteiger partial charge in [0.25, 0.3) is 0 Å². The Hall–Kier alpha value is -0.0900. The highest BCUT2D eigenvalue weighted by atomic mass is 79.9. The number of aliphatic hydroxyl groups excluding tert-OH is 1. The van der Waals surface area contributed by atoms with Crippen molar-refractivity contribution in [3.63, 3.8) is 0 Å². The van der Waals surface area contributed by atoms with Gasteiger partial charge in [0, 0.05) is 0 Å². The minimum atomic E-state index is -0.509. The molecule has 0 bridgehead atoms. The van der Waals surface area contributed by atoms with Gasteiger partial charge in [0.05, 0.1) is 17.5 Å². The van der Waals surface area contributed by atoms with Crippen molar-refractivity contribution >= 4 is 21.8 Å². The van der Waals surface area contributed by atoms with E-state index in [1.54, 1.807) is 13.8 Å². The molecule has 60 valence electrons. The van der Waals surface area contributed by atoms with Gasteiger partial charge < -0.3 is 10.4 Å². The minimum absolute atomic E-state index is 0.0499. The number of hydrogen-bond acceptors (Lipinski definition) is 2. The number of nitrogens with one attached hydrogen (secondary N) is 1. The molecule has 0 saturated heterocycles. The monoisotopic (exact) mass is 209 g/mol. The predicted molar refractivity (Wildman–Crippen MR) is 43.1 cm³/mol. The van der Waals surface area contributed by atoms with Gasteiger partial charge in [-0.05, 0) is 13.8 Å². The summed E-state index contributed by atoms with van der Waals surface area (Å²) < 4.78 is 0. The van der Waals surface area contributed by atoms with Crippen molar-refractivity contribution < 1.29 is 9.90 Å². The van der Waals surface area contributed by atoms with Crippen LogP contribution >= 0.6 is 15.9 Å². The molecule has 0 aliphatic heterocycles. The summed E-state index contributed by atoms with van der Waals surface area (Å²) >= 11 is 3.00. The molecule has 0 aliphatic rings. The Bertz CT molecular complexity index is 125. The third kappa shape index (κ3) is 3.85. The molecule has 0 saturated carbocycles. The largest absolute Gasteiger partial charge is 0.394 e. The van der Waals surface area contributed by atoms with E-state index in [0.717, 1.165) is 0 Å². The van der Waals surface area contributed by atoms with Crippen LogP contribution in [0.5, 0.6) is 0 Å². The fourth-order valence-corrected chi connectivity index (χ4v) is 0.591. The van der Waals surface area contributed by atoms with E-state index < -0.39 is 5.54 Å². The van der Waals surface area contributed by atoms with Crippen molar-refractivity contribution in [2.45, 2.75) is 19.4 Å². The molecule has 0 aromatic carbocycles. The van der Waals surface area contributed by atoms with Gasteiger partial charge in [-0.25, -0.2) is 0 Å². The van der Waals surface area contributed by atoms with E-state index in [1.807, 2.05) is 0 Å². The Morgan fingerprint density at radius 3 is 2.50 bits per heavy atom. The topological polar surface area (TPSA) is 49.3 Å². The maximum absolute atomic E-state index is 10.7. The lowest BCUT2D eigenvalue weighted by atomic mass is 10.1. The quantitative estimate of drug-likeness (QED) is 0.657. The number of carbonyl (C=O) groups excluding carboxylic acids is 1. The lowest BCUT2D eigenvalue weighted by Gasteiger charge is -2.22. The van der Waals surface area contributed by atoms with Crippen molar-refractivity contribution in [3.05, 3.63) is 0 Å². The number of alkyl halides is 1. The molecule has 0 aliphatic carbocycles. The molecule has 0 spiro atoms. The smallest absolute Gasteiger partial charge is 0.231 e. The highest BCUT2D eigenvalue weighted by Gasteiger charge is 2.17. The van der Waals surface area contributed by atoms with Crippen LogP contribution in [-0.4, -0.2) is 28.5 Å². The van der Waals surface area contributed by atoms with Crippen molar-refractivity contribution in [3.8, 4) is 0 Å². The van der Waals surface area contributed by atoms with Crippen molar-refractivity contribution in [2.75, 3.05) is 11.9 Å². The molecule has 4 heteroatoms. The normalized spacial score (nSPS) is 11.2. The maximum atomic E-state index is 10.7. The summed E-state index contributed by atoms with van der Waals surface area (Å²) in [6.45, 7) is 3.47. The number of rotatable bonds is 3. The molecular formula is C6H12BrNO2. The van der Waals surface area contributed by atoms with Crippen LogP contribution in [0.4, 0.5) is 0 Å². The highest BCUT2D eigenvalue weighted by molar-refractivity contribution is 9.09. The number of aliphatic hydroxyl groups is 1. The highest BCUT2D eigenvalue weighted by Crippen LogP contribution is 1.99. The van der Waals surface area contributed by atoms with E-state index in [0.29, 0.717) is 0 Å². The predicted octanol–water partition coefficient (Wildman–Crippen LogP) is 0.268. The fraction of sp³-hybridized carbons (Fsp3) is 0.833. The van der Waals surface area contributed by atoms with Crippen molar-refractivity contribution in [1.82, 2.24) is 5.32 Å². The standard InChI is InChI=1S/C6H12BrNO2/c1-6(2,4-9)8-5(10)3-7/h9H,3-4H2,1-2H3,(H,8,10). The average Bonchev–Trinajstić information content (AvgIpc) is 1.87. The van der Waals surface area contributed by atoms with Crippen LogP contribution in [0.25, 0.3) is 0 Å². The first-order valence-corrected chi connectivity index (χ1v) is 4.12. The van der Waals surface area contributed by atoms with Gasteiger partial charge in [-0.2, -0.15) is 0 Å². The Labute approximate surface area is 68.9 Å². The zero-order valence-corrected chi connectivity index (χ0v) is 7.73. The van der Waals surface area contributed by atoms with E-state index in [4.69, 9.17) is 5.11 Å². The van der Waals surface area contributed by atoms with Gasteiger partial charge in [-0.1, -0.05) is 15.9 Å². The summed E-state index contributed by atoms with van der Waals surface area (Å²) in [5, 5.41) is 11.6. The Balaban J connectivity index is 3.76. The van der Waals surface area contributed by atoms with Crippen molar-refractivity contribution in [2.24, 2.45) is 0 Å². The molecular weight excluding hydrogens is 198 g/mol. The van der Waals surface area contributed by atoms with Crippen molar-refractivity contribution in [1.29, 1.82) is 0 Å². The average molecular weight is 210 g/mol. The summed E-state index contributed by atoms with van der Waals surface area (Å²) in [6, 6.07) is 0. The number of carbonyl (C=O) groups is 1.